The molecule has 1 atom stereocenters. The second kappa shape index (κ2) is 4.55. The Labute approximate surface area is 85.3 Å². The number of H-pyrrole nitrogens is 1. The predicted octanol–water partition coefficient (Wildman–Crippen LogP) is 1.97. The molecule has 0 aliphatic rings. The van der Waals surface area contributed by atoms with Crippen LogP contribution in [0.3, 0.4) is 0 Å². The molecule has 0 fully saturated rings. The zero-order chi connectivity index (χ0) is 10.7. The number of aromatic amines is 1. The fourth-order valence-corrected chi connectivity index (χ4v) is 1.33. The largest absolute Gasteiger partial charge is 0.321 e. The maximum absolute atomic E-state index is 5.98. The van der Waals surface area contributed by atoms with E-state index in [9.17, 15) is 0 Å². The van der Waals surface area contributed by atoms with Crippen LogP contribution in [0.15, 0.2) is 0 Å². The molecule has 0 saturated carbocycles. The van der Waals surface area contributed by atoms with Gasteiger partial charge in [-0.25, -0.2) is 4.98 Å². The highest BCUT2D eigenvalue weighted by Crippen LogP contribution is 2.16. The molecule has 0 aromatic carbocycles. The lowest BCUT2D eigenvalue weighted by Crippen LogP contribution is -2.14. The third-order valence-corrected chi connectivity index (χ3v) is 2.11. The number of nitrogens with zero attached hydrogens (tertiary/aromatic N) is 2. The van der Waals surface area contributed by atoms with Crippen LogP contribution >= 0.6 is 0 Å². The molecule has 1 heterocycles. The van der Waals surface area contributed by atoms with E-state index < -0.39 is 0 Å². The summed E-state index contributed by atoms with van der Waals surface area (Å²) in [5, 5.41) is 7.03. The van der Waals surface area contributed by atoms with Gasteiger partial charge >= 0.3 is 0 Å². The van der Waals surface area contributed by atoms with Crippen LogP contribution in [0.4, 0.5) is 0 Å². The molecule has 1 rings (SSSR count). The fraction of sp³-hybridized carbons (Fsp3) is 0.800. The summed E-state index contributed by atoms with van der Waals surface area (Å²) >= 11 is 0. The van der Waals surface area contributed by atoms with Gasteiger partial charge in [-0.1, -0.05) is 27.7 Å². The number of hydrogen-bond acceptors (Lipinski definition) is 3. The second-order valence-electron chi connectivity index (χ2n) is 4.47. The zero-order valence-corrected chi connectivity index (χ0v) is 9.41. The SMILES string of the molecule is CC(C)CC(N)c1nc(C(C)C)n[nH]1. The van der Waals surface area contributed by atoms with Crippen LogP contribution in [-0.4, -0.2) is 15.2 Å². The van der Waals surface area contributed by atoms with Gasteiger partial charge in [0.2, 0.25) is 0 Å². The molecule has 1 unspecified atom stereocenters. The maximum Gasteiger partial charge on any atom is 0.153 e. The summed E-state index contributed by atoms with van der Waals surface area (Å²) in [4.78, 5) is 4.37. The highest BCUT2D eigenvalue weighted by atomic mass is 15.2. The maximum atomic E-state index is 5.98. The molecule has 4 nitrogen and oxygen atoms in total. The molecule has 1 aromatic heterocycles. The summed E-state index contributed by atoms with van der Waals surface area (Å²) in [7, 11) is 0. The van der Waals surface area contributed by atoms with E-state index >= 15 is 0 Å². The first-order valence-corrected chi connectivity index (χ1v) is 5.18. The topological polar surface area (TPSA) is 67.6 Å². The van der Waals surface area contributed by atoms with Crippen LogP contribution in [-0.2, 0) is 0 Å². The van der Waals surface area contributed by atoms with E-state index in [1.807, 2.05) is 0 Å². The molecule has 0 bridgehead atoms. The number of rotatable bonds is 4. The van der Waals surface area contributed by atoms with Gasteiger partial charge in [-0.15, -0.1) is 0 Å². The van der Waals surface area contributed by atoms with E-state index in [0.29, 0.717) is 11.8 Å². The quantitative estimate of drug-likeness (QED) is 0.773. The van der Waals surface area contributed by atoms with Crippen LogP contribution in [0.5, 0.6) is 0 Å². The average Bonchev–Trinajstić information content (AvgIpc) is 2.50. The minimum absolute atomic E-state index is 0.0185. The molecule has 0 spiro atoms. The molecule has 4 heteroatoms. The number of nitrogens with two attached hydrogens (primary N) is 1. The van der Waals surface area contributed by atoms with Crippen LogP contribution in [0.25, 0.3) is 0 Å². The molecular formula is C10H20N4. The van der Waals surface area contributed by atoms with Gasteiger partial charge in [0.15, 0.2) is 5.82 Å². The number of hydrogen-bond donors (Lipinski definition) is 2. The summed E-state index contributed by atoms with van der Waals surface area (Å²) in [5.41, 5.74) is 5.98. The van der Waals surface area contributed by atoms with E-state index in [-0.39, 0.29) is 6.04 Å². The summed E-state index contributed by atoms with van der Waals surface area (Å²) in [6, 6.07) is -0.0185. The Morgan fingerprint density at radius 2 is 1.93 bits per heavy atom. The third kappa shape index (κ3) is 2.80. The Kier molecular flexibility index (Phi) is 3.63. The molecule has 3 N–H and O–H groups in total. The van der Waals surface area contributed by atoms with E-state index in [1.54, 1.807) is 0 Å². The fourth-order valence-electron chi connectivity index (χ4n) is 1.33. The third-order valence-electron chi connectivity index (χ3n) is 2.11. The lowest BCUT2D eigenvalue weighted by molar-refractivity contribution is 0.494. The minimum Gasteiger partial charge on any atom is -0.321 e. The van der Waals surface area contributed by atoms with Crippen LogP contribution in [0, 0.1) is 5.92 Å². The smallest absolute Gasteiger partial charge is 0.153 e. The van der Waals surface area contributed by atoms with E-state index in [2.05, 4.69) is 42.9 Å². The predicted molar refractivity (Wildman–Crippen MR) is 56.9 cm³/mol. The van der Waals surface area contributed by atoms with Gasteiger partial charge in [0.1, 0.15) is 5.82 Å². The van der Waals surface area contributed by atoms with Gasteiger partial charge in [0.05, 0.1) is 6.04 Å². The zero-order valence-electron chi connectivity index (χ0n) is 9.41. The van der Waals surface area contributed by atoms with Crippen molar-refractivity contribution in [3.8, 4) is 0 Å². The molecule has 0 amide bonds. The first kappa shape index (κ1) is 11.2. The Morgan fingerprint density at radius 3 is 2.36 bits per heavy atom. The molecule has 0 radical (unpaired) electrons. The van der Waals surface area contributed by atoms with E-state index in [1.165, 1.54) is 0 Å². The first-order chi connectivity index (χ1) is 6.50. The van der Waals surface area contributed by atoms with Crippen molar-refractivity contribution in [1.29, 1.82) is 0 Å². The molecule has 80 valence electrons. The van der Waals surface area contributed by atoms with Gasteiger partial charge in [-0.3, -0.25) is 5.10 Å². The standard InChI is InChI=1S/C10H20N4/c1-6(2)5-8(11)10-12-9(7(3)4)13-14-10/h6-8H,5,11H2,1-4H3,(H,12,13,14). The Balaban J connectivity index is 2.66. The lowest BCUT2D eigenvalue weighted by atomic mass is 10.0. The first-order valence-electron chi connectivity index (χ1n) is 5.18. The van der Waals surface area contributed by atoms with Gasteiger partial charge in [-0.2, -0.15) is 5.10 Å². The molecule has 0 aliphatic heterocycles. The second-order valence-corrected chi connectivity index (χ2v) is 4.47. The van der Waals surface area contributed by atoms with E-state index in [0.717, 1.165) is 18.1 Å². The normalized spacial score (nSPS) is 13.9. The van der Waals surface area contributed by atoms with Gasteiger partial charge in [-0.05, 0) is 12.3 Å². The highest BCUT2D eigenvalue weighted by Gasteiger charge is 2.14. The number of aromatic nitrogens is 3. The van der Waals surface area contributed by atoms with Crippen molar-refractivity contribution >= 4 is 0 Å². The Morgan fingerprint density at radius 1 is 1.29 bits per heavy atom. The van der Waals surface area contributed by atoms with Crippen molar-refractivity contribution in [2.24, 2.45) is 11.7 Å². The van der Waals surface area contributed by atoms with Gasteiger partial charge in [0, 0.05) is 5.92 Å². The summed E-state index contributed by atoms with van der Waals surface area (Å²) in [6.45, 7) is 8.45. The average molecular weight is 196 g/mol. The minimum atomic E-state index is -0.0185. The molecular weight excluding hydrogens is 176 g/mol. The molecule has 14 heavy (non-hydrogen) atoms. The van der Waals surface area contributed by atoms with Crippen molar-refractivity contribution in [2.75, 3.05) is 0 Å². The Bertz CT molecular complexity index is 277. The van der Waals surface area contributed by atoms with Gasteiger partial charge in [0.25, 0.3) is 0 Å². The molecule has 0 aliphatic carbocycles. The van der Waals surface area contributed by atoms with Gasteiger partial charge < -0.3 is 5.73 Å². The van der Waals surface area contributed by atoms with Crippen molar-refractivity contribution in [2.45, 2.75) is 46.1 Å². The summed E-state index contributed by atoms with van der Waals surface area (Å²) in [5.74, 6) is 2.59. The summed E-state index contributed by atoms with van der Waals surface area (Å²) < 4.78 is 0. The van der Waals surface area contributed by atoms with Crippen LogP contribution in [0.1, 0.15) is 57.7 Å². The highest BCUT2D eigenvalue weighted by molar-refractivity contribution is 4.98. The monoisotopic (exact) mass is 196 g/mol. The van der Waals surface area contributed by atoms with E-state index in [4.69, 9.17) is 5.73 Å². The van der Waals surface area contributed by atoms with Crippen molar-refractivity contribution < 1.29 is 0 Å². The molecule has 0 saturated heterocycles. The number of nitrogens with one attached hydrogen (secondary N) is 1. The lowest BCUT2D eigenvalue weighted by Gasteiger charge is -2.10. The van der Waals surface area contributed by atoms with Crippen LogP contribution in [0.2, 0.25) is 0 Å². The molecule has 1 aromatic rings. The Hall–Kier alpha value is -0.900. The van der Waals surface area contributed by atoms with Crippen molar-refractivity contribution in [3.05, 3.63) is 11.6 Å². The van der Waals surface area contributed by atoms with Crippen molar-refractivity contribution in [3.63, 3.8) is 0 Å². The van der Waals surface area contributed by atoms with Crippen molar-refractivity contribution in [1.82, 2.24) is 15.2 Å². The summed E-state index contributed by atoms with van der Waals surface area (Å²) in [6.07, 6.45) is 0.937. The van der Waals surface area contributed by atoms with Crippen LogP contribution < -0.4 is 5.73 Å².